The fourth-order valence-electron chi connectivity index (χ4n) is 6.86. The average Bonchev–Trinajstić information content (AvgIpc) is 3.05. The number of hydrogen-bond acceptors (Lipinski definition) is 0. The lowest BCUT2D eigenvalue weighted by molar-refractivity contribution is 0.508. The third-order valence-corrected chi connectivity index (χ3v) is 8.79. The van der Waals surface area contributed by atoms with Crippen molar-refractivity contribution in [1.82, 2.24) is 0 Å². The molecule has 0 radical (unpaired) electrons. The van der Waals surface area contributed by atoms with Crippen molar-refractivity contribution in [1.29, 1.82) is 0 Å². The molecule has 3 heteroatoms. The van der Waals surface area contributed by atoms with Crippen molar-refractivity contribution in [2.24, 2.45) is 0 Å². The minimum absolute atomic E-state index is 0.292. The van der Waals surface area contributed by atoms with Crippen LogP contribution in [0.2, 0.25) is 0 Å². The predicted octanol–water partition coefficient (Wildman–Crippen LogP) is 11.4. The summed E-state index contributed by atoms with van der Waals surface area (Å²) in [4.78, 5) is 0. The Morgan fingerprint density at radius 3 is 1.84 bits per heavy atom. The second kappa shape index (κ2) is 9.99. The van der Waals surface area contributed by atoms with Crippen molar-refractivity contribution in [2.45, 2.75) is 12.8 Å². The Hall–Kier alpha value is -5.15. The van der Waals surface area contributed by atoms with Crippen LogP contribution in [0.4, 0.5) is 13.2 Å². The first-order valence-corrected chi connectivity index (χ1v) is 14.5. The van der Waals surface area contributed by atoms with Gasteiger partial charge in [-0.2, -0.15) is 0 Å². The first-order valence-electron chi connectivity index (χ1n) is 14.5. The maximum atomic E-state index is 14.3. The van der Waals surface area contributed by atoms with E-state index in [0.717, 1.165) is 45.0 Å². The Morgan fingerprint density at radius 1 is 0.465 bits per heavy atom. The summed E-state index contributed by atoms with van der Waals surface area (Å²) in [7, 11) is 0. The Labute approximate surface area is 247 Å². The largest absolute Gasteiger partial charge is 0.207 e. The summed E-state index contributed by atoms with van der Waals surface area (Å²) in [5.74, 6) is -2.01. The summed E-state index contributed by atoms with van der Waals surface area (Å²) >= 11 is 0. The molecule has 0 amide bonds. The second-order valence-electron chi connectivity index (χ2n) is 11.2. The van der Waals surface area contributed by atoms with Crippen molar-refractivity contribution >= 4 is 44.0 Å². The number of allylic oxidation sites excluding steroid dienone is 1. The Bertz CT molecular complexity index is 2260. The molecular weight excluding hydrogens is 537 g/mol. The molecular formula is C40H25F3. The SMILES string of the molecule is Fc1ccc(-c2c3c(c(-c4cc5ccccc5c5ccccc45)c4ccccc24)CCC(c2ccc(F)c(F)c2)=C3)cc1. The maximum Gasteiger partial charge on any atom is 0.159 e. The van der Waals surface area contributed by atoms with E-state index >= 15 is 0 Å². The quantitative estimate of drug-likeness (QED) is 0.188. The molecule has 8 rings (SSSR count). The molecule has 206 valence electrons. The first kappa shape index (κ1) is 25.6. The highest BCUT2D eigenvalue weighted by molar-refractivity contribution is 6.19. The van der Waals surface area contributed by atoms with Crippen LogP contribution in [0.5, 0.6) is 0 Å². The molecule has 0 saturated carbocycles. The van der Waals surface area contributed by atoms with E-state index in [1.54, 1.807) is 6.07 Å². The normalized spacial score (nSPS) is 13.0. The van der Waals surface area contributed by atoms with E-state index in [2.05, 4.69) is 78.9 Å². The monoisotopic (exact) mass is 562 g/mol. The minimum Gasteiger partial charge on any atom is -0.207 e. The van der Waals surface area contributed by atoms with Gasteiger partial charge in [0.1, 0.15) is 5.82 Å². The Morgan fingerprint density at radius 2 is 1.09 bits per heavy atom. The summed E-state index contributed by atoms with van der Waals surface area (Å²) < 4.78 is 42.3. The van der Waals surface area contributed by atoms with E-state index in [4.69, 9.17) is 0 Å². The van der Waals surface area contributed by atoms with Crippen LogP contribution in [0.1, 0.15) is 23.1 Å². The zero-order valence-corrected chi connectivity index (χ0v) is 23.2. The van der Waals surface area contributed by atoms with Crippen LogP contribution in [0, 0.1) is 17.5 Å². The lowest BCUT2D eigenvalue weighted by Gasteiger charge is -2.27. The van der Waals surface area contributed by atoms with Crippen LogP contribution in [-0.4, -0.2) is 0 Å². The van der Waals surface area contributed by atoms with Gasteiger partial charge in [0.25, 0.3) is 0 Å². The van der Waals surface area contributed by atoms with Crippen LogP contribution in [0.3, 0.4) is 0 Å². The predicted molar refractivity (Wildman–Crippen MR) is 172 cm³/mol. The molecule has 0 unspecified atom stereocenters. The molecule has 0 nitrogen and oxygen atoms in total. The molecule has 1 aliphatic rings. The van der Waals surface area contributed by atoms with Crippen LogP contribution in [0.15, 0.2) is 121 Å². The number of rotatable bonds is 3. The van der Waals surface area contributed by atoms with Crippen molar-refractivity contribution in [3.63, 3.8) is 0 Å². The van der Waals surface area contributed by atoms with Crippen molar-refractivity contribution < 1.29 is 13.2 Å². The van der Waals surface area contributed by atoms with Gasteiger partial charge in [-0.3, -0.25) is 0 Å². The van der Waals surface area contributed by atoms with E-state index < -0.39 is 11.6 Å². The molecule has 0 bridgehead atoms. The number of fused-ring (bicyclic) bond motifs is 5. The second-order valence-corrected chi connectivity index (χ2v) is 11.2. The third kappa shape index (κ3) is 4.15. The van der Waals surface area contributed by atoms with Crippen molar-refractivity contribution in [3.05, 3.63) is 155 Å². The minimum atomic E-state index is -0.857. The highest BCUT2D eigenvalue weighted by Crippen LogP contribution is 2.48. The zero-order valence-electron chi connectivity index (χ0n) is 23.2. The third-order valence-electron chi connectivity index (χ3n) is 8.79. The van der Waals surface area contributed by atoms with Crippen LogP contribution in [-0.2, 0) is 6.42 Å². The van der Waals surface area contributed by atoms with Gasteiger partial charge in [0.05, 0.1) is 0 Å². The molecule has 1 aliphatic carbocycles. The summed E-state index contributed by atoms with van der Waals surface area (Å²) in [6, 6.07) is 38.5. The maximum absolute atomic E-state index is 14.3. The van der Waals surface area contributed by atoms with Gasteiger partial charge in [-0.25, -0.2) is 13.2 Å². The molecule has 0 saturated heterocycles. The lowest BCUT2D eigenvalue weighted by atomic mass is 9.77. The van der Waals surface area contributed by atoms with Gasteiger partial charge >= 0.3 is 0 Å². The van der Waals surface area contributed by atoms with Gasteiger partial charge < -0.3 is 0 Å². The molecule has 7 aromatic rings. The summed E-state index contributed by atoms with van der Waals surface area (Å²) in [6.45, 7) is 0. The lowest BCUT2D eigenvalue weighted by Crippen LogP contribution is -2.06. The topological polar surface area (TPSA) is 0 Å². The van der Waals surface area contributed by atoms with Crippen LogP contribution < -0.4 is 0 Å². The molecule has 0 N–H and O–H groups in total. The number of benzene rings is 7. The molecule has 0 aliphatic heterocycles. The van der Waals surface area contributed by atoms with Gasteiger partial charge in [-0.15, -0.1) is 0 Å². The smallest absolute Gasteiger partial charge is 0.159 e. The molecule has 7 aromatic carbocycles. The van der Waals surface area contributed by atoms with E-state index in [-0.39, 0.29) is 5.82 Å². The number of halogens is 3. The fourth-order valence-corrected chi connectivity index (χ4v) is 6.86. The first-order chi connectivity index (χ1) is 21.1. The Kier molecular flexibility index (Phi) is 5.94. The van der Waals surface area contributed by atoms with Gasteiger partial charge in [0.2, 0.25) is 0 Å². The summed E-state index contributed by atoms with van der Waals surface area (Å²) in [6.07, 6.45) is 3.52. The van der Waals surface area contributed by atoms with Crippen LogP contribution >= 0.6 is 0 Å². The molecule has 0 atom stereocenters. The summed E-state index contributed by atoms with van der Waals surface area (Å²) in [5, 5.41) is 6.95. The molecule has 43 heavy (non-hydrogen) atoms. The highest BCUT2D eigenvalue weighted by atomic mass is 19.2. The Balaban J connectivity index is 1.52. The molecule has 0 heterocycles. The van der Waals surface area contributed by atoms with Gasteiger partial charge in [0, 0.05) is 0 Å². The zero-order chi connectivity index (χ0) is 29.1. The molecule has 0 aromatic heterocycles. The van der Waals surface area contributed by atoms with E-state index in [9.17, 15) is 13.2 Å². The number of hydrogen-bond donors (Lipinski definition) is 0. The van der Waals surface area contributed by atoms with Crippen molar-refractivity contribution in [2.75, 3.05) is 0 Å². The standard InChI is InChI=1S/C40H25F3/c41-28-17-13-24(14-18-28)39-32-11-5-6-12-33(32)40(34-19-15-25(21-36(34)39)26-16-20-37(42)38(43)23-26)35-22-27-7-1-2-8-29(27)30-9-3-4-10-31(30)35/h1-14,16-18,20-23H,15,19H2. The van der Waals surface area contributed by atoms with E-state index in [1.807, 2.05) is 18.2 Å². The van der Waals surface area contributed by atoms with E-state index in [1.165, 1.54) is 56.9 Å². The summed E-state index contributed by atoms with van der Waals surface area (Å²) in [5.41, 5.74) is 8.11. The van der Waals surface area contributed by atoms with Crippen molar-refractivity contribution in [3.8, 4) is 22.3 Å². The van der Waals surface area contributed by atoms with Crippen LogP contribution in [0.25, 0.3) is 66.2 Å². The van der Waals surface area contributed by atoms with Gasteiger partial charge in [-0.05, 0) is 120 Å². The van der Waals surface area contributed by atoms with Gasteiger partial charge in [0.15, 0.2) is 11.6 Å². The van der Waals surface area contributed by atoms with Gasteiger partial charge in [-0.1, -0.05) is 97.1 Å². The average molecular weight is 563 g/mol. The molecule has 0 spiro atoms. The van der Waals surface area contributed by atoms with E-state index in [0.29, 0.717) is 12.0 Å². The highest BCUT2D eigenvalue weighted by Gasteiger charge is 2.25. The fraction of sp³-hybridized carbons (Fsp3) is 0.0500. The molecule has 0 fully saturated rings.